The predicted molar refractivity (Wildman–Crippen MR) is 85.6 cm³/mol. The standard InChI is InChI=1S/C18H12F6N2O2/c19-11-5-6-12(15(21)14(11)20)26-17(28)13-10(7-25-16(13)27)8-1-3-9(4-2-8)18(22,23)24/h1-6,10,13H,7H2,(H,25,27)(H,26,28). The molecule has 148 valence electrons. The Labute approximate surface area is 154 Å². The molecule has 1 aliphatic heterocycles. The fraction of sp³-hybridized carbons (Fsp3) is 0.222. The topological polar surface area (TPSA) is 58.2 Å². The minimum atomic E-state index is -4.54. The highest BCUT2D eigenvalue weighted by atomic mass is 19.4. The first kappa shape index (κ1) is 19.7. The summed E-state index contributed by atoms with van der Waals surface area (Å²) in [6.07, 6.45) is -4.54. The second-order valence-corrected chi connectivity index (χ2v) is 6.16. The van der Waals surface area contributed by atoms with Crippen LogP contribution in [0.1, 0.15) is 17.0 Å². The van der Waals surface area contributed by atoms with Crippen LogP contribution in [0.15, 0.2) is 36.4 Å². The summed E-state index contributed by atoms with van der Waals surface area (Å²) in [7, 11) is 0. The van der Waals surface area contributed by atoms with E-state index >= 15 is 0 Å². The van der Waals surface area contributed by atoms with Crippen molar-refractivity contribution in [3.8, 4) is 0 Å². The molecule has 0 aliphatic carbocycles. The van der Waals surface area contributed by atoms with E-state index in [4.69, 9.17) is 0 Å². The largest absolute Gasteiger partial charge is 0.416 e. The molecular formula is C18H12F6N2O2. The van der Waals surface area contributed by atoms with Crippen molar-refractivity contribution in [3.05, 3.63) is 65.0 Å². The summed E-state index contributed by atoms with van der Waals surface area (Å²) in [5.74, 6) is -8.77. The number of carbonyl (C=O) groups is 2. The van der Waals surface area contributed by atoms with E-state index in [0.29, 0.717) is 6.07 Å². The number of amides is 2. The lowest BCUT2D eigenvalue weighted by Crippen LogP contribution is -2.32. The summed E-state index contributed by atoms with van der Waals surface area (Å²) in [6, 6.07) is 5.34. The van der Waals surface area contributed by atoms with Crippen LogP contribution >= 0.6 is 0 Å². The van der Waals surface area contributed by atoms with Gasteiger partial charge in [-0.25, -0.2) is 13.2 Å². The molecule has 4 nitrogen and oxygen atoms in total. The second kappa shape index (κ2) is 7.17. The smallest absolute Gasteiger partial charge is 0.355 e. The average molecular weight is 402 g/mol. The maximum absolute atomic E-state index is 13.7. The predicted octanol–water partition coefficient (Wildman–Crippen LogP) is 3.59. The van der Waals surface area contributed by atoms with Crippen LogP contribution in [-0.2, 0) is 15.8 Å². The molecule has 1 aliphatic rings. The summed E-state index contributed by atoms with van der Waals surface area (Å²) in [5, 5.41) is 4.44. The summed E-state index contributed by atoms with van der Waals surface area (Å²) < 4.78 is 78.1. The Balaban J connectivity index is 1.84. The summed E-state index contributed by atoms with van der Waals surface area (Å²) in [5.41, 5.74) is -1.26. The van der Waals surface area contributed by atoms with Crippen molar-refractivity contribution in [1.82, 2.24) is 5.32 Å². The molecule has 1 fully saturated rings. The van der Waals surface area contributed by atoms with E-state index in [1.54, 1.807) is 0 Å². The molecule has 10 heteroatoms. The molecule has 2 unspecified atom stereocenters. The zero-order valence-corrected chi connectivity index (χ0v) is 13.9. The number of nitrogens with one attached hydrogen (secondary N) is 2. The Kier molecular flexibility index (Phi) is 5.05. The molecule has 0 spiro atoms. The molecule has 2 atom stereocenters. The molecular weight excluding hydrogens is 390 g/mol. The van der Waals surface area contributed by atoms with Gasteiger partial charge in [0.1, 0.15) is 5.92 Å². The number of benzene rings is 2. The monoisotopic (exact) mass is 402 g/mol. The van der Waals surface area contributed by atoms with Gasteiger partial charge < -0.3 is 10.6 Å². The molecule has 0 saturated carbocycles. The normalized spacial score (nSPS) is 19.4. The summed E-state index contributed by atoms with van der Waals surface area (Å²) in [6.45, 7) is -0.0253. The molecule has 2 N–H and O–H groups in total. The Morgan fingerprint density at radius 1 is 1.00 bits per heavy atom. The van der Waals surface area contributed by atoms with E-state index in [-0.39, 0.29) is 12.1 Å². The van der Waals surface area contributed by atoms with Crippen LogP contribution in [0, 0.1) is 23.4 Å². The second-order valence-electron chi connectivity index (χ2n) is 6.16. The molecule has 1 heterocycles. The van der Waals surface area contributed by atoms with Gasteiger partial charge in [-0.1, -0.05) is 12.1 Å². The highest BCUT2D eigenvalue weighted by Crippen LogP contribution is 2.34. The van der Waals surface area contributed by atoms with Gasteiger partial charge in [-0.15, -0.1) is 0 Å². The van der Waals surface area contributed by atoms with Crippen LogP contribution in [0.5, 0.6) is 0 Å². The van der Waals surface area contributed by atoms with Gasteiger partial charge in [0.05, 0.1) is 11.3 Å². The minimum absolute atomic E-state index is 0.0253. The molecule has 28 heavy (non-hydrogen) atoms. The first-order valence-corrected chi connectivity index (χ1v) is 7.99. The Hall–Kier alpha value is -3.04. The molecule has 2 aromatic carbocycles. The van der Waals surface area contributed by atoms with Crippen LogP contribution in [-0.4, -0.2) is 18.4 Å². The number of rotatable bonds is 3. The van der Waals surface area contributed by atoms with Gasteiger partial charge >= 0.3 is 6.18 Å². The number of hydrogen-bond acceptors (Lipinski definition) is 2. The Bertz CT molecular complexity index is 927. The van der Waals surface area contributed by atoms with Crippen molar-refractivity contribution in [2.24, 2.45) is 5.92 Å². The number of anilines is 1. The van der Waals surface area contributed by atoms with E-state index in [2.05, 4.69) is 5.32 Å². The molecule has 2 aromatic rings. The van der Waals surface area contributed by atoms with E-state index in [9.17, 15) is 35.9 Å². The maximum Gasteiger partial charge on any atom is 0.416 e. The van der Waals surface area contributed by atoms with E-state index < -0.39 is 58.5 Å². The van der Waals surface area contributed by atoms with Gasteiger partial charge in [0.25, 0.3) is 0 Å². The van der Waals surface area contributed by atoms with Gasteiger partial charge in [-0.05, 0) is 29.8 Å². The lowest BCUT2D eigenvalue weighted by atomic mass is 9.87. The number of alkyl halides is 3. The van der Waals surface area contributed by atoms with Crippen molar-refractivity contribution in [3.63, 3.8) is 0 Å². The highest BCUT2D eigenvalue weighted by Gasteiger charge is 2.41. The lowest BCUT2D eigenvalue weighted by Gasteiger charge is -2.18. The van der Waals surface area contributed by atoms with Crippen molar-refractivity contribution >= 4 is 17.5 Å². The minimum Gasteiger partial charge on any atom is -0.355 e. The quantitative estimate of drug-likeness (QED) is 0.468. The van der Waals surface area contributed by atoms with Crippen molar-refractivity contribution in [2.75, 3.05) is 11.9 Å². The van der Waals surface area contributed by atoms with Crippen LogP contribution < -0.4 is 10.6 Å². The third-order valence-electron chi connectivity index (χ3n) is 4.42. The molecule has 0 radical (unpaired) electrons. The van der Waals surface area contributed by atoms with Crippen LogP contribution in [0.3, 0.4) is 0 Å². The summed E-state index contributed by atoms with van der Waals surface area (Å²) in [4.78, 5) is 24.5. The first-order chi connectivity index (χ1) is 13.1. The van der Waals surface area contributed by atoms with Crippen LogP contribution in [0.4, 0.5) is 32.0 Å². The van der Waals surface area contributed by atoms with E-state index in [0.717, 1.165) is 30.3 Å². The molecule has 2 amide bonds. The van der Waals surface area contributed by atoms with Gasteiger partial charge in [0.2, 0.25) is 11.8 Å². The fourth-order valence-corrected chi connectivity index (χ4v) is 2.99. The third-order valence-corrected chi connectivity index (χ3v) is 4.42. The first-order valence-electron chi connectivity index (χ1n) is 7.99. The highest BCUT2D eigenvalue weighted by molar-refractivity contribution is 6.08. The van der Waals surface area contributed by atoms with Crippen LogP contribution in [0.25, 0.3) is 0 Å². The van der Waals surface area contributed by atoms with Gasteiger partial charge in [0, 0.05) is 12.5 Å². The molecule has 1 saturated heterocycles. The van der Waals surface area contributed by atoms with Crippen molar-refractivity contribution < 1.29 is 35.9 Å². The van der Waals surface area contributed by atoms with Gasteiger partial charge in [0.15, 0.2) is 17.5 Å². The van der Waals surface area contributed by atoms with Gasteiger partial charge in [-0.2, -0.15) is 13.2 Å². The number of carbonyl (C=O) groups excluding carboxylic acids is 2. The van der Waals surface area contributed by atoms with E-state index in [1.807, 2.05) is 5.32 Å². The molecule has 0 aromatic heterocycles. The fourth-order valence-electron chi connectivity index (χ4n) is 2.99. The third kappa shape index (κ3) is 3.67. The molecule has 3 rings (SSSR count). The molecule has 0 bridgehead atoms. The SMILES string of the molecule is O=C1NCC(c2ccc(C(F)(F)F)cc2)C1C(=O)Nc1ccc(F)c(F)c1F. The Morgan fingerprint density at radius 2 is 1.64 bits per heavy atom. The van der Waals surface area contributed by atoms with E-state index in [1.165, 1.54) is 0 Å². The summed E-state index contributed by atoms with van der Waals surface area (Å²) >= 11 is 0. The van der Waals surface area contributed by atoms with Crippen molar-refractivity contribution in [1.29, 1.82) is 0 Å². The van der Waals surface area contributed by atoms with Crippen LogP contribution in [0.2, 0.25) is 0 Å². The van der Waals surface area contributed by atoms with Gasteiger partial charge in [-0.3, -0.25) is 9.59 Å². The number of hydrogen-bond donors (Lipinski definition) is 2. The maximum atomic E-state index is 13.7. The number of halogens is 6. The zero-order chi connectivity index (χ0) is 20.6. The Morgan fingerprint density at radius 3 is 2.25 bits per heavy atom. The zero-order valence-electron chi connectivity index (χ0n) is 13.9. The average Bonchev–Trinajstić information content (AvgIpc) is 3.03. The lowest BCUT2D eigenvalue weighted by molar-refractivity contribution is -0.137. The van der Waals surface area contributed by atoms with Crippen molar-refractivity contribution in [2.45, 2.75) is 12.1 Å².